The Morgan fingerprint density at radius 2 is 1.72 bits per heavy atom. The molecule has 29 heavy (non-hydrogen) atoms. The van der Waals surface area contributed by atoms with Crippen LogP contribution in [0, 0.1) is 0 Å². The van der Waals surface area contributed by atoms with Gasteiger partial charge in [-0.1, -0.05) is 12.1 Å². The normalized spacial score (nSPS) is 17.9. The quantitative estimate of drug-likeness (QED) is 0.724. The Morgan fingerprint density at radius 3 is 2.28 bits per heavy atom. The highest BCUT2D eigenvalue weighted by Gasteiger charge is 2.27. The van der Waals surface area contributed by atoms with Crippen LogP contribution in [0.1, 0.15) is 25.3 Å². The maximum Gasteiger partial charge on any atom is 0.300 e. The average molecular weight is 408 g/mol. The van der Waals surface area contributed by atoms with E-state index in [1.807, 2.05) is 29.2 Å². The van der Waals surface area contributed by atoms with E-state index in [1.54, 1.807) is 0 Å². The third kappa shape index (κ3) is 8.39. The zero-order valence-corrected chi connectivity index (χ0v) is 17.2. The van der Waals surface area contributed by atoms with Crippen molar-refractivity contribution in [2.45, 2.75) is 32.2 Å². The Morgan fingerprint density at radius 1 is 1.14 bits per heavy atom. The summed E-state index contributed by atoms with van der Waals surface area (Å²) in [4.78, 5) is 26.1. The van der Waals surface area contributed by atoms with Crippen LogP contribution in [-0.2, 0) is 20.7 Å². The van der Waals surface area contributed by atoms with Crippen LogP contribution in [0.25, 0.3) is 0 Å². The van der Waals surface area contributed by atoms with Gasteiger partial charge in [0.05, 0.1) is 6.42 Å². The van der Waals surface area contributed by atoms with Crippen molar-refractivity contribution in [3.8, 4) is 5.75 Å². The molecular formula is C21H33N3O5. The van der Waals surface area contributed by atoms with Crippen LogP contribution in [0.15, 0.2) is 24.3 Å². The molecule has 1 amide bonds. The molecule has 2 aliphatic heterocycles. The van der Waals surface area contributed by atoms with Gasteiger partial charge in [-0.15, -0.1) is 0 Å². The van der Waals surface area contributed by atoms with E-state index in [-0.39, 0.29) is 5.91 Å². The summed E-state index contributed by atoms with van der Waals surface area (Å²) in [5.74, 6) is 0.175. The van der Waals surface area contributed by atoms with Crippen molar-refractivity contribution in [1.82, 2.24) is 9.80 Å². The number of hydrogen-bond acceptors (Lipinski definition) is 6. The van der Waals surface area contributed by atoms with Crippen LogP contribution in [0.4, 0.5) is 0 Å². The number of carbonyl (C=O) groups is 2. The Kier molecular flexibility index (Phi) is 9.90. The summed E-state index contributed by atoms with van der Waals surface area (Å²) in [6.07, 6.45) is 2.69. The molecule has 2 aliphatic rings. The van der Waals surface area contributed by atoms with Crippen molar-refractivity contribution in [1.29, 1.82) is 0 Å². The number of rotatable bonds is 6. The number of carboxylic acids is 1. The van der Waals surface area contributed by atoms with Crippen molar-refractivity contribution >= 4 is 11.9 Å². The zero-order valence-electron chi connectivity index (χ0n) is 17.2. The van der Waals surface area contributed by atoms with Gasteiger partial charge in [0.15, 0.2) is 0 Å². The van der Waals surface area contributed by atoms with Crippen LogP contribution in [0.2, 0.25) is 0 Å². The van der Waals surface area contributed by atoms with E-state index in [9.17, 15) is 4.79 Å². The smallest absolute Gasteiger partial charge is 0.300 e. The molecule has 8 nitrogen and oxygen atoms in total. The van der Waals surface area contributed by atoms with E-state index in [1.165, 1.54) is 0 Å². The van der Waals surface area contributed by atoms with Gasteiger partial charge < -0.3 is 25.2 Å². The Balaban J connectivity index is 0.000000687. The molecule has 3 N–H and O–H groups in total. The third-order valence-electron chi connectivity index (χ3n) is 5.04. The monoisotopic (exact) mass is 407 g/mol. The van der Waals surface area contributed by atoms with Crippen molar-refractivity contribution in [3.05, 3.63) is 29.8 Å². The molecule has 0 spiro atoms. The van der Waals surface area contributed by atoms with Gasteiger partial charge in [0.1, 0.15) is 12.4 Å². The lowest BCUT2D eigenvalue weighted by Crippen LogP contribution is -2.53. The largest absolute Gasteiger partial charge is 0.492 e. The fourth-order valence-corrected chi connectivity index (χ4v) is 3.55. The fourth-order valence-electron chi connectivity index (χ4n) is 3.55. The molecule has 0 atom stereocenters. The summed E-state index contributed by atoms with van der Waals surface area (Å²) in [7, 11) is 0. The average Bonchev–Trinajstić information content (AvgIpc) is 2.73. The number of amides is 1. The lowest BCUT2D eigenvalue weighted by molar-refractivity contribution is -0.134. The van der Waals surface area contributed by atoms with E-state index in [2.05, 4.69) is 4.90 Å². The number of piperazine rings is 1. The summed E-state index contributed by atoms with van der Waals surface area (Å²) in [5.41, 5.74) is 6.45. The summed E-state index contributed by atoms with van der Waals surface area (Å²) < 4.78 is 10.9. The van der Waals surface area contributed by atoms with Gasteiger partial charge in [-0.05, 0) is 30.5 Å². The van der Waals surface area contributed by atoms with Crippen molar-refractivity contribution in [3.63, 3.8) is 0 Å². The first kappa shape index (κ1) is 23.1. The Hall–Kier alpha value is -2.16. The molecule has 0 aliphatic carbocycles. The number of benzene rings is 1. The number of carboxylic acid groups (broad SMARTS) is 1. The van der Waals surface area contributed by atoms with Crippen LogP contribution in [0.3, 0.4) is 0 Å². The summed E-state index contributed by atoms with van der Waals surface area (Å²) in [6, 6.07) is 8.36. The molecule has 2 fully saturated rings. The predicted molar refractivity (Wildman–Crippen MR) is 110 cm³/mol. The minimum Gasteiger partial charge on any atom is -0.492 e. The zero-order chi connectivity index (χ0) is 21.1. The molecule has 0 aromatic heterocycles. The minimum absolute atomic E-state index is 0.210. The van der Waals surface area contributed by atoms with Gasteiger partial charge in [0.2, 0.25) is 5.91 Å². The molecule has 0 unspecified atom stereocenters. The van der Waals surface area contributed by atoms with E-state index in [0.717, 1.165) is 70.5 Å². The highest BCUT2D eigenvalue weighted by Crippen LogP contribution is 2.17. The lowest BCUT2D eigenvalue weighted by atomic mass is 10.1. The molecule has 0 saturated carbocycles. The van der Waals surface area contributed by atoms with Gasteiger partial charge in [0, 0.05) is 58.9 Å². The number of nitrogens with zero attached hydrogens (tertiary/aromatic N) is 2. The maximum atomic E-state index is 12.5. The highest BCUT2D eigenvalue weighted by molar-refractivity contribution is 5.79. The SMILES string of the molecule is CC(=O)O.NCCOc1ccc(CC(=O)N2CCN(C3CCOCC3)CC2)cc1. The summed E-state index contributed by atoms with van der Waals surface area (Å²) >= 11 is 0. The highest BCUT2D eigenvalue weighted by atomic mass is 16.5. The van der Waals surface area contributed by atoms with Crippen LogP contribution in [0.5, 0.6) is 5.75 Å². The van der Waals surface area contributed by atoms with Gasteiger partial charge in [-0.3, -0.25) is 14.5 Å². The van der Waals surface area contributed by atoms with Crippen LogP contribution in [-0.4, -0.2) is 85.4 Å². The second-order valence-corrected chi connectivity index (χ2v) is 7.24. The predicted octanol–water partition coefficient (Wildman–Crippen LogP) is 0.981. The second-order valence-electron chi connectivity index (χ2n) is 7.24. The third-order valence-corrected chi connectivity index (χ3v) is 5.04. The van der Waals surface area contributed by atoms with E-state index >= 15 is 0 Å². The minimum atomic E-state index is -0.833. The molecule has 0 bridgehead atoms. The van der Waals surface area contributed by atoms with Crippen molar-refractivity contribution < 1.29 is 24.2 Å². The topological polar surface area (TPSA) is 105 Å². The molecule has 8 heteroatoms. The molecule has 2 heterocycles. The van der Waals surface area contributed by atoms with Gasteiger partial charge in [-0.25, -0.2) is 0 Å². The summed E-state index contributed by atoms with van der Waals surface area (Å²) in [6.45, 7) is 7.44. The summed E-state index contributed by atoms with van der Waals surface area (Å²) in [5, 5.41) is 7.42. The Bertz CT molecular complexity index is 620. The first-order valence-electron chi connectivity index (χ1n) is 10.2. The first-order chi connectivity index (χ1) is 14.0. The van der Waals surface area contributed by atoms with Gasteiger partial charge in [0.25, 0.3) is 5.97 Å². The first-order valence-corrected chi connectivity index (χ1v) is 10.2. The number of ether oxygens (including phenoxy) is 2. The maximum absolute atomic E-state index is 12.5. The molecule has 162 valence electrons. The number of hydrogen-bond donors (Lipinski definition) is 2. The number of aliphatic carboxylic acids is 1. The standard InChI is InChI=1S/C19H29N3O3.C2H4O2/c20-7-14-25-18-3-1-16(2-4-18)15-19(23)22-10-8-21(9-11-22)17-5-12-24-13-6-17;1-2(3)4/h1-4,17H,5-15,20H2;1H3,(H,3,4). The fraction of sp³-hybridized carbons (Fsp3) is 0.619. The lowest BCUT2D eigenvalue weighted by Gasteiger charge is -2.40. The number of carbonyl (C=O) groups excluding carboxylic acids is 1. The van der Waals surface area contributed by atoms with Gasteiger partial charge in [-0.2, -0.15) is 0 Å². The van der Waals surface area contributed by atoms with Crippen molar-refractivity contribution in [2.24, 2.45) is 5.73 Å². The molecule has 0 radical (unpaired) electrons. The van der Waals surface area contributed by atoms with Crippen molar-refractivity contribution in [2.75, 3.05) is 52.5 Å². The molecule has 1 aromatic rings. The molecule has 2 saturated heterocycles. The molecule has 1 aromatic carbocycles. The van der Waals surface area contributed by atoms with E-state index in [0.29, 0.717) is 25.6 Å². The number of nitrogens with two attached hydrogens (primary N) is 1. The van der Waals surface area contributed by atoms with Crippen LogP contribution >= 0.6 is 0 Å². The van der Waals surface area contributed by atoms with E-state index < -0.39 is 5.97 Å². The Labute approximate surface area is 172 Å². The van der Waals surface area contributed by atoms with Gasteiger partial charge >= 0.3 is 0 Å². The van der Waals surface area contributed by atoms with Crippen LogP contribution < -0.4 is 10.5 Å². The molecule has 3 rings (SSSR count). The van der Waals surface area contributed by atoms with E-state index in [4.69, 9.17) is 25.1 Å². The molecular weight excluding hydrogens is 374 g/mol. The second kappa shape index (κ2) is 12.4.